The number of hydrogen-bond donors (Lipinski definition) is 1. The highest BCUT2D eigenvalue weighted by atomic mass is 32.2. The molecule has 0 aliphatic heterocycles. The van der Waals surface area contributed by atoms with E-state index in [1.807, 2.05) is 0 Å². The number of benzene rings is 1. The normalized spacial score (nSPS) is 18.4. The molecule has 0 bridgehead atoms. The molecule has 0 heterocycles. The summed E-state index contributed by atoms with van der Waals surface area (Å²) in [6.45, 7) is 0.649. The predicted octanol–water partition coefficient (Wildman–Crippen LogP) is 3.04. The average molecular weight is 396 g/mol. The van der Waals surface area contributed by atoms with E-state index in [0.717, 1.165) is 31.2 Å². The smallest absolute Gasteiger partial charge is 0.250 e. The van der Waals surface area contributed by atoms with E-state index >= 15 is 0 Å². The minimum absolute atomic E-state index is 0.0462. The Labute approximate surface area is 161 Å². The molecule has 1 aromatic carbocycles. The van der Waals surface area contributed by atoms with Gasteiger partial charge in [-0.25, -0.2) is 8.42 Å². The van der Waals surface area contributed by atoms with Crippen LogP contribution in [0.1, 0.15) is 66.8 Å². The monoisotopic (exact) mass is 395 g/mol. The lowest BCUT2D eigenvalue weighted by Crippen LogP contribution is -2.21. The van der Waals surface area contributed by atoms with Crippen molar-refractivity contribution in [2.24, 2.45) is 11.7 Å². The Bertz CT molecular complexity index is 780. The van der Waals surface area contributed by atoms with E-state index in [0.29, 0.717) is 24.2 Å². The number of hydrogen-bond acceptors (Lipinski definition) is 5. The van der Waals surface area contributed by atoms with Gasteiger partial charge >= 0.3 is 0 Å². The van der Waals surface area contributed by atoms with Crippen molar-refractivity contribution in [1.82, 2.24) is 0 Å². The zero-order valence-electron chi connectivity index (χ0n) is 15.9. The first-order chi connectivity index (χ1) is 12.9. The summed E-state index contributed by atoms with van der Waals surface area (Å²) in [7, 11) is -2.25. The average Bonchev–Trinajstić information content (AvgIpc) is 3.50. The molecule has 2 aliphatic carbocycles. The van der Waals surface area contributed by atoms with Crippen molar-refractivity contribution >= 4 is 15.7 Å². The van der Waals surface area contributed by atoms with Gasteiger partial charge in [-0.3, -0.25) is 4.79 Å². The van der Waals surface area contributed by atoms with Crippen molar-refractivity contribution in [1.29, 1.82) is 0 Å². The fourth-order valence-corrected chi connectivity index (χ4v) is 5.12. The molecule has 0 atom stereocenters. The Balaban J connectivity index is 1.92. The molecule has 150 valence electrons. The van der Waals surface area contributed by atoms with Crippen LogP contribution in [-0.2, 0) is 14.6 Å². The second-order valence-electron chi connectivity index (χ2n) is 7.65. The Morgan fingerprint density at radius 2 is 1.85 bits per heavy atom. The predicted molar refractivity (Wildman–Crippen MR) is 103 cm³/mol. The Morgan fingerprint density at radius 3 is 2.44 bits per heavy atom. The number of ether oxygens (including phenoxy) is 2. The number of sulfone groups is 1. The molecule has 0 radical (unpaired) electrons. The molecule has 1 aromatic rings. The zero-order chi connectivity index (χ0) is 19.4. The number of primary amides is 1. The summed E-state index contributed by atoms with van der Waals surface area (Å²) in [5.41, 5.74) is 6.46. The third kappa shape index (κ3) is 5.02. The highest BCUT2D eigenvalue weighted by Crippen LogP contribution is 2.46. The molecular weight excluding hydrogens is 366 g/mol. The van der Waals surface area contributed by atoms with Gasteiger partial charge in [0.2, 0.25) is 5.91 Å². The third-order valence-corrected chi connectivity index (χ3v) is 7.20. The van der Waals surface area contributed by atoms with Gasteiger partial charge in [-0.1, -0.05) is 19.3 Å². The van der Waals surface area contributed by atoms with Crippen molar-refractivity contribution in [2.45, 2.75) is 55.8 Å². The lowest BCUT2D eigenvalue weighted by Gasteiger charge is -2.23. The SMILES string of the molecule is COCCS(=O)(=O)c1cc(OCC2CCCCC2)c(C2CC2)cc1C(N)=O. The summed E-state index contributed by atoms with van der Waals surface area (Å²) in [6.07, 6.45) is 8.07. The Kier molecular flexibility index (Phi) is 6.42. The molecule has 0 aromatic heterocycles. The molecule has 3 rings (SSSR count). The zero-order valence-corrected chi connectivity index (χ0v) is 16.7. The standard InChI is InChI=1S/C20H29NO5S/c1-25-9-10-27(23,24)19-12-18(26-13-14-5-3-2-4-6-14)16(15-7-8-15)11-17(19)20(21)22/h11-12,14-15H,2-10,13H2,1H3,(H2,21,22). The highest BCUT2D eigenvalue weighted by molar-refractivity contribution is 7.91. The third-order valence-electron chi connectivity index (χ3n) is 5.49. The molecule has 0 spiro atoms. The van der Waals surface area contributed by atoms with Crippen molar-refractivity contribution < 1.29 is 22.7 Å². The van der Waals surface area contributed by atoms with Crippen molar-refractivity contribution in [3.05, 3.63) is 23.3 Å². The van der Waals surface area contributed by atoms with E-state index in [-0.39, 0.29) is 22.8 Å². The fourth-order valence-electron chi connectivity index (χ4n) is 3.73. The first kappa shape index (κ1) is 20.1. The minimum atomic E-state index is -3.69. The van der Waals surface area contributed by atoms with Gasteiger partial charge in [-0.05, 0) is 55.2 Å². The van der Waals surface area contributed by atoms with E-state index < -0.39 is 15.7 Å². The summed E-state index contributed by atoms with van der Waals surface area (Å²) in [4.78, 5) is 11.9. The first-order valence-electron chi connectivity index (χ1n) is 9.74. The van der Waals surface area contributed by atoms with Gasteiger partial charge in [0.1, 0.15) is 5.75 Å². The Morgan fingerprint density at radius 1 is 1.15 bits per heavy atom. The van der Waals surface area contributed by atoms with Gasteiger partial charge in [0.15, 0.2) is 9.84 Å². The molecule has 1 amide bonds. The van der Waals surface area contributed by atoms with E-state index in [4.69, 9.17) is 15.2 Å². The van der Waals surface area contributed by atoms with Gasteiger partial charge in [-0.2, -0.15) is 0 Å². The second kappa shape index (κ2) is 8.61. The summed E-state index contributed by atoms with van der Waals surface area (Å²) in [5.74, 6) is 0.486. The highest BCUT2D eigenvalue weighted by Gasteiger charge is 2.31. The molecule has 2 aliphatic rings. The first-order valence-corrected chi connectivity index (χ1v) is 11.4. The molecular formula is C20H29NO5S. The molecule has 2 N–H and O–H groups in total. The maximum Gasteiger partial charge on any atom is 0.250 e. The van der Waals surface area contributed by atoms with Crippen LogP contribution in [0.2, 0.25) is 0 Å². The van der Waals surface area contributed by atoms with Crippen LogP contribution in [0.15, 0.2) is 17.0 Å². The van der Waals surface area contributed by atoms with Gasteiger partial charge in [0.25, 0.3) is 0 Å². The molecule has 7 heteroatoms. The quantitative estimate of drug-likeness (QED) is 0.693. The summed E-state index contributed by atoms with van der Waals surface area (Å²) in [5, 5.41) is 0. The number of rotatable bonds is 9. The summed E-state index contributed by atoms with van der Waals surface area (Å²) >= 11 is 0. The maximum atomic E-state index is 12.7. The number of carbonyl (C=O) groups is 1. The van der Waals surface area contributed by atoms with Crippen LogP contribution in [0.3, 0.4) is 0 Å². The van der Waals surface area contributed by atoms with Crippen LogP contribution in [0, 0.1) is 5.92 Å². The van der Waals surface area contributed by atoms with Gasteiger partial charge in [0.05, 0.1) is 29.4 Å². The van der Waals surface area contributed by atoms with E-state index in [1.165, 1.54) is 32.4 Å². The topological polar surface area (TPSA) is 95.7 Å². The van der Waals surface area contributed by atoms with E-state index in [9.17, 15) is 13.2 Å². The number of amides is 1. The van der Waals surface area contributed by atoms with E-state index in [2.05, 4.69) is 0 Å². The molecule has 27 heavy (non-hydrogen) atoms. The van der Waals surface area contributed by atoms with E-state index in [1.54, 1.807) is 6.07 Å². The number of carbonyl (C=O) groups excluding carboxylic acids is 1. The lowest BCUT2D eigenvalue weighted by atomic mass is 9.90. The van der Waals surface area contributed by atoms with Crippen LogP contribution >= 0.6 is 0 Å². The second-order valence-corrected chi connectivity index (χ2v) is 9.73. The molecule has 2 fully saturated rings. The molecule has 6 nitrogen and oxygen atoms in total. The number of methoxy groups -OCH3 is 1. The van der Waals surface area contributed by atoms with Crippen LogP contribution in [0.4, 0.5) is 0 Å². The molecule has 0 saturated heterocycles. The van der Waals surface area contributed by atoms with Crippen LogP contribution < -0.4 is 10.5 Å². The van der Waals surface area contributed by atoms with Gasteiger partial charge < -0.3 is 15.2 Å². The molecule has 0 unspecified atom stereocenters. The fraction of sp³-hybridized carbons (Fsp3) is 0.650. The minimum Gasteiger partial charge on any atom is -0.493 e. The van der Waals surface area contributed by atoms with Crippen LogP contribution in [0.5, 0.6) is 5.75 Å². The Hall–Kier alpha value is -1.60. The van der Waals surface area contributed by atoms with Gasteiger partial charge in [-0.15, -0.1) is 0 Å². The van der Waals surface area contributed by atoms with Crippen molar-refractivity contribution in [3.63, 3.8) is 0 Å². The van der Waals surface area contributed by atoms with Gasteiger partial charge in [0, 0.05) is 7.11 Å². The van der Waals surface area contributed by atoms with Crippen molar-refractivity contribution in [3.8, 4) is 5.75 Å². The summed E-state index contributed by atoms with van der Waals surface area (Å²) < 4.78 is 36.5. The maximum absolute atomic E-state index is 12.7. The van der Waals surface area contributed by atoms with Crippen molar-refractivity contribution in [2.75, 3.05) is 26.1 Å². The summed E-state index contributed by atoms with van der Waals surface area (Å²) in [6, 6.07) is 3.15. The largest absolute Gasteiger partial charge is 0.493 e. The van der Waals surface area contributed by atoms with Crippen LogP contribution in [0.25, 0.3) is 0 Å². The molecule has 2 saturated carbocycles. The number of nitrogens with two attached hydrogens (primary N) is 1. The van der Waals surface area contributed by atoms with Crippen LogP contribution in [-0.4, -0.2) is 40.4 Å². The lowest BCUT2D eigenvalue weighted by molar-refractivity contribution is 0.0997.